The number of anilines is 1. The van der Waals surface area contributed by atoms with Crippen LogP contribution >= 0.6 is 12.4 Å². The second-order valence-corrected chi connectivity index (χ2v) is 4.84. The van der Waals surface area contributed by atoms with Gasteiger partial charge < -0.3 is 10.2 Å². The molecule has 1 N–H and O–H groups in total. The first kappa shape index (κ1) is 18.2. The first-order valence-corrected chi connectivity index (χ1v) is 7.27. The van der Waals surface area contributed by atoms with Crippen LogP contribution in [0.5, 0.6) is 0 Å². The van der Waals surface area contributed by atoms with Gasteiger partial charge in [-0.2, -0.15) is 0 Å². The molecular weight excluding hydrogens is 302 g/mol. The Labute approximate surface area is 136 Å². The molecule has 22 heavy (non-hydrogen) atoms. The van der Waals surface area contributed by atoms with Crippen LogP contribution in [0.4, 0.5) is 5.82 Å². The number of nitrogens with one attached hydrogen (secondary N) is 1. The minimum Gasteiger partial charge on any atom is -0.370 e. The minimum atomic E-state index is -0.0750. The van der Waals surface area contributed by atoms with Gasteiger partial charge in [0.1, 0.15) is 5.82 Å². The third-order valence-corrected chi connectivity index (χ3v) is 3.69. The van der Waals surface area contributed by atoms with Gasteiger partial charge in [0.2, 0.25) is 6.41 Å². The monoisotopic (exact) mass is 323 g/mol. The van der Waals surface area contributed by atoms with Gasteiger partial charge in [0.05, 0.1) is 5.52 Å². The average Bonchev–Trinajstić information content (AvgIpc) is 2.52. The number of hydrogen-bond donors (Lipinski definition) is 1. The van der Waals surface area contributed by atoms with E-state index in [1.54, 1.807) is 18.2 Å². The minimum absolute atomic E-state index is 0. The highest BCUT2D eigenvalue weighted by molar-refractivity contribution is 5.87. The summed E-state index contributed by atoms with van der Waals surface area (Å²) < 4.78 is 1.49. The van der Waals surface area contributed by atoms with Gasteiger partial charge in [-0.15, -0.1) is 12.4 Å². The van der Waals surface area contributed by atoms with Crippen LogP contribution in [-0.4, -0.2) is 42.1 Å². The molecule has 2 rings (SSSR count). The number of benzene rings is 1. The predicted octanol–water partition coefficient (Wildman–Crippen LogP) is 2.22. The molecule has 0 fully saturated rings. The zero-order valence-electron chi connectivity index (χ0n) is 12.9. The number of carbonyl (C=O) groups excluding carboxylic acids is 1. The van der Waals surface area contributed by atoms with Crippen molar-refractivity contribution in [2.45, 2.75) is 13.8 Å². The molecule has 5 nitrogen and oxygen atoms in total. The molecule has 6 heteroatoms. The molecule has 0 bridgehead atoms. The van der Waals surface area contributed by atoms with E-state index in [2.05, 4.69) is 24.1 Å². The van der Waals surface area contributed by atoms with Gasteiger partial charge in [0, 0.05) is 24.5 Å². The van der Waals surface area contributed by atoms with Crippen molar-refractivity contribution < 1.29 is 4.79 Å². The van der Waals surface area contributed by atoms with E-state index < -0.39 is 0 Å². The largest absolute Gasteiger partial charge is 0.370 e. The molecule has 2 aromatic rings. The molecule has 0 atom stereocenters. The molecule has 0 spiro atoms. The van der Waals surface area contributed by atoms with Crippen molar-refractivity contribution in [3.8, 4) is 0 Å². The Morgan fingerprint density at radius 2 is 1.91 bits per heavy atom. The molecular formula is C16H22ClN3O2. The average molecular weight is 324 g/mol. The molecule has 0 unspecified atom stereocenters. The molecule has 0 aliphatic rings. The summed E-state index contributed by atoms with van der Waals surface area (Å²) in [6.07, 6.45) is 0.738. The number of pyridine rings is 1. The van der Waals surface area contributed by atoms with Gasteiger partial charge in [-0.1, -0.05) is 26.0 Å². The Bertz CT molecular complexity index is 681. The van der Waals surface area contributed by atoms with E-state index in [1.165, 1.54) is 10.6 Å². The predicted molar refractivity (Wildman–Crippen MR) is 93.9 cm³/mol. The topological polar surface area (TPSA) is 54.3 Å². The lowest BCUT2D eigenvalue weighted by atomic mass is 10.2. The molecule has 1 aromatic heterocycles. The number of rotatable bonds is 7. The lowest BCUT2D eigenvalue weighted by Gasteiger charge is -2.19. The quantitative estimate of drug-likeness (QED) is 0.794. The standard InChI is InChI=1S/C16H21N3O2.ClH/c1-3-18(4-2)10-9-17-16-11-15(21)13-7-5-6-8-14(13)19(16)12-20;/h5-8,11-12,17H,3-4,9-10H2,1-2H3;1H. The van der Waals surface area contributed by atoms with Crippen LogP contribution in [0.15, 0.2) is 35.1 Å². The summed E-state index contributed by atoms with van der Waals surface area (Å²) in [5, 5.41) is 3.74. The number of aromatic nitrogens is 1. The van der Waals surface area contributed by atoms with E-state index in [1.807, 2.05) is 6.07 Å². The van der Waals surface area contributed by atoms with Crippen molar-refractivity contribution in [3.63, 3.8) is 0 Å². The molecule has 0 aliphatic carbocycles. The fourth-order valence-electron chi connectivity index (χ4n) is 2.42. The number of halogens is 1. The number of fused-ring (bicyclic) bond motifs is 1. The van der Waals surface area contributed by atoms with Crippen molar-refractivity contribution in [1.82, 2.24) is 9.47 Å². The van der Waals surface area contributed by atoms with Crippen LogP contribution in [0.3, 0.4) is 0 Å². The zero-order valence-corrected chi connectivity index (χ0v) is 13.7. The lowest BCUT2D eigenvalue weighted by Crippen LogP contribution is -2.29. The van der Waals surface area contributed by atoms with E-state index >= 15 is 0 Å². The summed E-state index contributed by atoms with van der Waals surface area (Å²) in [5.41, 5.74) is 0.555. The smallest absolute Gasteiger partial charge is 0.219 e. The van der Waals surface area contributed by atoms with Crippen molar-refractivity contribution in [2.75, 3.05) is 31.5 Å². The molecule has 0 aliphatic heterocycles. The second-order valence-electron chi connectivity index (χ2n) is 4.84. The molecule has 0 saturated carbocycles. The Morgan fingerprint density at radius 3 is 2.55 bits per heavy atom. The van der Waals surface area contributed by atoms with Crippen molar-refractivity contribution in [1.29, 1.82) is 0 Å². The molecule has 0 amide bonds. The highest BCUT2D eigenvalue weighted by Crippen LogP contribution is 2.14. The van der Waals surface area contributed by atoms with Gasteiger partial charge in [0.15, 0.2) is 5.43 Å². The number of likely N-dealkylation sites (N-methyl/N-ethyl adjacent to an activating group) is 1. The normalized spacial score (nSPS) is 10.5. The summed E-state index contributed by atoms with van der Waals surface area (Å²) in [7, 11) is 0. The van der Waals surface area contributed by atoms with Crippen molar-refractivity contribution in [3.05, 3.63) is 40.6 Å². The molecule has 1 heterocycles. The molecule has 120 valence electrons. The number of nitrogens with zero attached hydrogens (tertiary/aromatic N) is 2. The molecule has 0 radical (unpaired) electrons. The summed E-state index contributed by atoms with van der Waals surface area (Å²) in [5.74, 6) is 0.542. The van der Waals surface area contributed by atoms with E-state index in [4.69, 9.17) is 0 Å². The van der Waals surface area contributed by atoms with E-state index in [0.717, 1.165) is 26.0 Å². The van der Waals surface area contributed by atoms with Gasteiger partial charge in [-0.3, -0.25) is 14.2 Å². The highest BCUT2D eigenvalue weighted by Gasteiger charge is 2.08. The molecule has 0 saturated heterocycles. The van der Waals surface area contributed by atoms with E-state index in [-0.39, 0.29) is 17.8 Å². The first-order chi connectivity index (χ1) is 10.2. The second kappa shape index (κ2) is 8.56. The highest BCUT2D eigenvalue weighted by atomic mass is 35.5. The van der Waals surface area contributed by atoms with Crippen LogP contribution in [0.25, 0.3) is 10.9 Å². The van der Waals surface area contributed by atoms with Crippen LogP contribution < -0.4 is 10.7 Å². The molecule has 1 aromatic carbocycles. The lowest BCUT2D eigenvalue weighted by molar-refractivity contribution is 0.316. The van der Waals surface area contributed by atoms with Gasteiger partial charge in [-0.25, -0.2) is 0 Å². The maximum atomic E-state index is 12.1. The SMILES string of the molecule is CCN(CC)CCNc1cc(=O)c2ccccc2n1C=O.Cl. The van der Waals surface area contributed by atoms with E-state index in [9.17, 15) is 9.59 Å². The third kappa shape index (κ3) is 3.87. The summed E-state index contributed by atoms with van der Waals surface area (Å²) >= 11 is 0. The van der Waals surface area contributed by atoms with Crippen LogP contribution in [0.2, 0.25) is 0 Å². The van der Waals surface area contributed by atoms with Gasteiger partial charge in [0.25, 0.3) is 0 Å². The summed E-state index contributed by atoms with van der Waals surface area (Å²) in [6, 6.07) is 8.62. The Kier molecular flexibility index (Phi) is 7.08. The Morgan fingerprint density at radius 1 is 1.23 bits per heavy atom. The van der Waals surface area contributed by atoms with Crippen molar-refractivity contribution >= 4 is 35.5 Å². The fourth-order valence-corrected chi connectivity index (χ4v) is 2.42. The zero-order chi connectivity index (χ0) is 15.2. The maximum absolute atomic E-state index is 12.1. The number of para-hydroxylation sites is 1. The fraction of sp³-hybridized carbons (Fsp3) is 0.375. The van der Waals surface area contributed by atoms with Gasteiger partial charge in [-0.05, 0) is 25.2 Å². The van der Waals surface area contributed by atoms with E-state index in [0.29, 0.717) is 23.3 Å². The third-order valence-electron chi connectivity index (χ3n) is 3.69. The first-order valence-electron chi connectivity index (χ1n) is 7.27. The van der Waals surface area contributed by atoms with Gasteiger partial charge >= 0.3 is 0 Å². The van der Waals surface area contributed by atoms with Crippen LogP contribution in [0, 0.1) is 0 Å². The van der Waals surface area contributed by atoms with Crippen molar-refractivity contribution in [2.24, 2.45) is 0 Å². The van der Waals surface area contributed by atoms with Crippen LogP contribution in [0.1, 0.15) is 13.8 Å². The Balaban J connectivity index is 0.00000242. The maximum Gasteiger partial charge on any atom is 0.219 e. The summed E-state index contributed by atoms with van der Waals surface area (Å²) in [4.78, 5) is 25.7. The number of carbonyl (C=O) groups is 1. The van der Waals surface area contributed by atoms with Crippen LogP contribution in [-0.2, 0) is 4.79 Å². The Hall–Kier alpha value is -1.85. The summed E-state index contributed by atoms with van der Waals surface area (Å²) in [6.45, 7) is 7.74. The number of hydrogen-bond acceptors (Lipinski definition) is 4.